The lowest BCUT2D eigenvalue weighted by atomic mass is 10.1. The molecule has 0 saturated heterocycles. The third-order valence-corrected chi connectivity index (χ3v) is 4.74. The number of benzene rings is 2. The monoisotopic (exact) mass is 290 g/mol. The van der Waals surface area contributed by atoms with Gasteiger partial charge in [0.2, 0.25) is 0 Å². The van der Waals surface area contributed by atoms with Crippen LogP contribution in [0.4, 0.5) is 0 Å². The second-order valence-corrected chi connectivity index (χ2v) is 6.44. The zero-order valence-electron chi connectivity index (χ0n) is 10.3. The first-order chi connectivity index (χ1) is 9.25. The summed E-state index contributed by atoms with van der Waals surface area (Å²) in [5, 5.41) is 9.16. The highest BCUT2D eigenvalue weighted by molar-refractivity contribution is 8.76. The van der Waals surface area contributed by atoms with E-state index in [1.165, 1.54) is 17.7 Å². The van der Waals surface area contributed by atoms with Gasteiger partial charge in [0.1, 0.15) is 5.75 Å². The van der Waals surface area contributed by atoms with Crippen molar-refractivity contribution in [1.82, 2.24) is 0 Å². The summed E-state index contributed by atoms with van der Waals surface area (Å²) in [6, 6.07) is 16.6. The average molecular weight is 290 g/mol. The Morgan fingerprint density at radius 3 is 2.32 bits per heavy atom. The Morgan fingerprint density at radius 1 is 0.947 bits per heavy atom. The molecule has 0 bridgehead atoms. The van der Waals surface area contributed by atoms with Gasteiger partial charge in [-0.25, -0.2) is 0 Å². The standard InChI is InChI=1S/C15H14O2S2/c16-14-8-6-13(7-9-14)15(17)11-19-18-10-12-4-2-1-3-5-12/h1-9,16H,10-11H2. The van der Waals surface area contributed by atoms with Crippen LogP contribution in [0, 0.1) is 0 Å². The van der Waals surface area contributed by atoms with Crippen molar-refractivity contribution in [3.8, 4) is 5.75 Å². The van der Waals surface area contributed by atoms with Crippen LogP contribution in [0.1, 0.15) is 15.9 Å². The number of Topliss-reactive ketones (excluding diaryl/α,β-unsaturated/α-hetero) is 1. The van der Waals surface area contributed by atoms with Crippen LogP contribution in [0.3, 0.4) is 0 Å². The van der Waals surface area contributed by atoms with Crippen molar-refractivity contribution in [2.45, 2.75) is 5.75 Å². The summed E-state index contributed by atoms with van der Waals surface area (Å²) < 4.78 is 0. The van der Waals surface area contributed by atoms with Gasteiger partial charge in [-0.15, -0.1) is 0 Å². The number of carbonyl (C=O) groups is 1. The van der Waals surface area contributed by atoms with Crippen LogP contribution in [-0.2, 0) is 5.75 Å². The zero-order valence-corrected chi connectivity index (χ0v) is 11.9. The Morgan fingerprint density at radius 2 is 1.63 bits per heavy atom. The van der Waals surface area contributed by atoms with Crippen LogP contribution in [0.25, 0.3) is 0 Å². The van der Waals surface area contributed by atoms with E-state index in [9.17, 15) is 4.79 Å². The molecule has 2 nitrogen and oxygen atoms in total. The number of hydrogen-bond acceptors (Lipinski definition) is 4. The van der Waals surface area contributed by atoms with E-state index in [1.54, 1.807) is 33.7 Å². The van der Waals surface area contributed by atoms with Crippen LogP contribution in [0.15, 0.2) is 54.6 Å². The molecule has 0 radical (unpaired) electrons. The van der Waals surface area contributed by atoms with Gasteiger partial charge >= 0.3 is 0 Å². The minimum atomic E-state index is 0.0885. The zero-order chi connectivity index (χ0) is 13.5. The SMILES string of the molecule is O=C(CSSCc1ccccc1)c1ccc(O)cc1. The number of carbonyl (C=O) groups excluding carboxylic acids is 1. The number of aromatic hydroxyl groups is 1. The minimum absolute atomic E-state index is 0.0885. The second-order valence-electron chi connectivity index (χ2n) is 3.98. The third-order valence-electron chi connectivity index (χ3n) is 2.53. The van der Waals surface area contributed by atoms with Gasteiger partial charge < -0.3 is 5.11 Å². The number of phenols is 1. The fourth-order valence-corrected chi connectivity index (χ4v) is 3.51. The molecule has 1 N–H and O–H groups in total. The molecule has 0 saturated carbocycles. The van der Waals surface area contributed by atoms with Crippen molar-refractivity contribution in [1.29, 1.82) is 0 Å². The molecule has 0 spiro atoms. The number of ketones is 1. The summed E-state index contributed by atoms with van der Waals surface area (Å²) in [6.07, 6.45) is 0. The molecular formula is C15H14O2S2. The summed E-state index contributed by atoms with van der Waals surface area (Å²) in [7, 11) is 3.24. The molecule has 2 aromatic carbocycles. The Bertz CT molecular complexity index is 524. The molecule has 0 amide bonds. The van der Waals surface area contributed by atoms with Crippen molar-refractivity contribution < 1.29 is 9.90 Å². The molecule has 0 aromatic heterocycles. The van der Waals surface area contributed by atoms with Crippen LogP contribution >= 0.6 is 21.6 Å². The Kier molecular flexibility index (Phi) is 5.36. The fraction of sp³-hybridized carbons (Fsp3) is 0.133. The van der Waals surface area contributed by atoms with Crippen LogP contribution in [-0.4, -0.2) is 16.6 Å². The largest absolute Gasteiger partial charge is 0.508 e. The van der Waals surface area contributed by atoms with Gasteiger partial charge in [-0.3, -0.25) is 4.79 Å². The van der Waals surface area contributed by atoms with Crippen molar-refractivity contribution >= 4 is 27.4 Å². The van der Waals surface area contributed by atoms with E-state index < -0.39 is 0 Å². The van der Waals surface area contributed by atoms with E-state index in [2.05, 4.69) is 12.1 Å². The van der Waals surface area contributed by atoms with Gasteiger partial charge in [-0.05, 0) is 29.8 Å². The van der Waals surface area contributed by atoms with Crippen molar-refractivity contribution in [3.63, 3.8) is 0 Å². The molecule has 0 aliphatic heterocycles. The summed E-state index contributed by atoms with van der Waals surface area (Å²) in [5.41, 5.74) is 1.91. The quantitative estimate of drug-likeness (QED) is 0.492. The maximum atomic E-state index is 11.9. The smallest absolute Gasteiger partial charge is 0.173 e. The van der Waals surface area contributed by atoms with E-state index in [4.69, 9.17) is 5.11 Å². The summed E-state index contributed by atoms with van der Waals surface area (Å²) in [4.78, 5) is 11.9. The van der Waals surface area contributed by atoms with E-state index in [1.807, 2.05) is 18.2 Å². The van der Waals surface area contributed by atoms with E-state index in [-0.39, 0.29) is 11.5 Å². The molecule has 0 heterocycles. The molecule has 0 unspecified atom stereocenters. The van der Waals surface area contributed by atoms with Crippen LogP contribution in [0.5, 0.6) is 5.75 Å². The first-order valence-electron chi connectivity index (χ1n) is 5.86. The number of hydrogen-bond donors (Lipinski definition) is 1. The minimum Gasteiger partial charge on any atom is -0.508 e. The number of rotatable bonds is 6. The Labute approximate surface area is 120 Å². The van der Waals surface area contributed by atoms with Crippen LogP contribution in [0.2, 0.25) is 0 Å². The fourth-order valence-electron chi connectivity index (χ4n) is 1.51. The summed E-state index contributed by atoms with van der Waals surface area (Å²) >= 11 is 0. The first-order valence-corrected chi connectivity index (χ1v) is 8.35. The third kappa shape index (κ3) is 4.65. The molecule has 0 aliphatic rings. The van der Waals surface area contributed by atoms with E-state index >= 15 is 0 Å². The summed E-state index contributed by atoms with van der Waals surface area (Å²) in [5.74, 6) is 1.62. The lowest BCUT2D eigenvalue weighted by Gasteiger charge is -2.02. The lowest BCUT2D eigenvalue weighted by molar-refractivity contribution is 0.102. The van der Waals surface area contributed by atoms with Crippen molar-refractivity contribution in [3.05, 3.63) is 65.7 Å². The predicted molar refractivity (Wildman–Crippen MR) is 82.6 cm³/mol. The van der Waals surface area contributed by atoms with E-state index in [0.29, 0.717) is 11.3 Å². The molecule has 98 valence electrons. The molecule has 2 aromatic rings. The number of phenolic OH excluding ortho intramolecular Hbond substituents is 1. The first kappa shape index (κ1) is 14.0. The normalized spacial score (nSPS) is 10.3. The average Bonchev–Trinajstić information content (AvgIpc) is 2.45. The van der Waals surface area contributed by atoms with Crippen molar-refractivity contribution in [2.24, 2.45) is 0 Å². The highest BCUT2D eigenvalue weighted by atomic mass is 33.1. The molecule has 4 heteroatoms. The second kappa shape index (κ2) is 7.26. The predicted octanol–water partition coefficient (Wildman–Crippen LogP) is 4.16. The highest BCUT2D eigenvalue weighted by Gasteiger charge is 2.06. The van der Waals surface area contributed by atoms with E-state index in [0.717, 1.165) is 5.75 Å². The maximum Gasteiger partial charge on any atom is 0.173 e. The topological polar surface area (TPSA) is 37.3 Å². The van der Waals surface area contributed by atoms with Gasteiger partial charge in [-0.2, -0.15) is 0 Å². The van der Waals surface area contributed by atoms with Gasteiger partial charge in [0.05, 0.1) is 5.75 Å². The highest BCUT2D eigenvalue weighted by Crippen LogP contribution is 2.26. The maximum absolute atomic E-state index is 11.9. The molecule has 19 heavy (non-hydrogen) atoms. The molecule has 0 atom stereocenters. The molecule has 0 fully saturated rings. The van der Waals surface area contributed by atoms with Gasteiger partial charge in [-0.1, -0.05) is 51.9 Å². The van der Waals surface area contributed by atoms with Gasteiger partial charge in [0.25, 0.3) is 0 Å². The molecule has 0 aliphatic carbocycles. The molecular weight excluding hydrogens is 276 g/mol. The van der Waals surface area contributed by atoms with Crippen molar-refractivity contribution in [2.75, 3.05) is 5.75 Å². The van der Waals surface area contributed by atoms with Crippen LogP contribution < -0.4 is 0 Å². The molecule has 2 rings (SSSR count). The van der Waals surface area contributed by atoms with Gasteiger partial charge in [0.15, 0.2) is 5.78 Å². The Hall–Kier alpha value is -1.39. The summed E-state index contributed by atoms with van der Waals surface area (Å²) in [6.45, 7) is 0. The Balaban J connectivity index is 1.74. The lowest BCUT2D eigenvalue weighted by Crippen LogP contribution is -2.00. The van der Waals surface area contributed by atoms with Gasteiger partial charge in [0, 0.05) is 11.3 Å².